The lowest BCUT2D eigenvalue weighted by Crippen LogP contribution is -2.34. The van der Waals surface area contributed by atoms with E-state index in [1.54, 1.807) is 0 Å². The summed E-state index contributed by atoms with van der Waals surface area (Å²) in [4.78, 5) is 12.2. The van der Waals surface area contributed by atoms with Crippen LogP contribution in [0, 0.1) is 0 Å². The van der Waals surface area contributed by atoms with Crippen molar-refractivity contribution in [1.29, 1.82) is 0 Å². The fourth-order valence-corrected chi connectivity index (χ4v) is 5.64. The second-order valence-corrected chi connectivity index (χ2v) is 13.0. The highest BCUT2D eigenvalue weighted by Gasteiger charge is 2.43. The first kappa shape index (κ1) is 29.7. The third kappa shape index (κ3) is 8.25. The van der Waals surface area contributed by atoms with Crippen LogP contribution in [0.4, 0.5) is 0 Å². The normalized spacial score (nSPS) is 15.1. The molecule has 0 saturated heterocycles. The zero-order chi connectivity index (χ0) is 26.3. The molecule has 1 aromatic carbocycles. The van der Waals surface area contributed by atoms with Gasteiger partial charge in [0.05, 0.1) is 0 Å². The molecular formula is C32H54O3. The predicted molar refractivity (Wildman–Crippen MR) is 149 cm³/mol. The summed E-state index contributed by atoms with van der Waals surface area (Å²) in [6.07, 6.45) is 16.0. The van der Waals surface area contributed by atoms with Gasteiger partial charge in [0.25, 0.3) is 0 Å². The van der Waals surface area contributed by atoms with E-state index in [2.05, 4.69) is 61.5 Å². The standard InChI is InChI=1S/C32H54O3/c1-10-12-14-16-18-20-32(21-19-17-15-13-11-2)23-25-27(35-32)22-26(30(4,5)6)29(34-24(3)33)28(25)31(7,8)9/h22H,10-21,23H2,1-9H3. The molecule has 3 heteroatoms. The average molecular weight is 487 g/mol. The molecule has 0 aromatic heterocycles. The second kappa shape index (κ2) is 12.6. The number of hydrogen-bond donors (Lipinski definition) is 0. The first-order chi connectivity index (χ1) is 16.3. The fraction of sp³-hybridized carbons (Fsp3) is 0.781. The molecule has 0 N–H and O–H groups in total. The van der Waals surface area contributed by atoms with Crippen molar-refractivity contribution in [3.05, 3.63) is 22.8 Å². The van der Waals surface area contributed by atoms with Crippen molar-refractivity contribution < 1.29 is 14.3 Å². The number of benzene rings is 1. The number of unbranched alkanes of at least 4 members (excludes halogenated alkanes) is 8. The van der Waals surface area contributed by atoms with Crippen LogP contribution < -0.4 is 9.47 Å². The molecule has 1 heterocycles. The SMILES string of the molecule is CCCCCCCC1(CCCCCCC)Cc2c(cc(C(C)(C)C)c(OC(C)=O)c2C(C)(C)C)O1. The van der Waals surface area contributed by atoms with Crippen LogP contribution >= 0.6 is 0 Å². The summed E-state index contributed by atoms with van der Waals surface area (Å²) in [5.41, 5.74) is 3.05. The van der Waals surface area contributed by atoms with Crippen molar-refractivity contribution in [2.45, 2.75) is 162 Å². The number of rotatable bonds is 13. The van der Waals surface area contributed by atoms with Gasteiger partial charge in [0, 0.05) is 30.0 Å². The van der Waals surface area contributed by atoms with Crippen molar-refractivity contribution in [1.82, 2.24) is 0 Å². The summed E-state index contributed by atoms with van der Waals surface area (Å²) in [6, 6.07) is 2.19. The first-order valence-electron chi connectivity index (χ1n) is 14.4. The van der Waals surface area contributed by atoms with Gasteiger partial charge in [0.2, 0.25) is 0 Å². The zero-order valence-electron chi connectivity index (χ0n) is 24.5. The van der Waals surface area contributed by atoms with E-state index in [4.69, 9.17) is 9.47 Å². The number of esters is 1. The Balaban J connectivity index is 2.48. The van der Waals surface area contributed by atoms with Gasteiger partial charge in [-0.1, -0.05) is 107 Å². The maximum absolute atomic E-state index is 12.2. The summed E-state index contributed by atoms with van der Waals surface area (Å²) in [6.45, 7) is 19.3. The van der Waals surface area contributed by atoms with Gasteiger partial charge in [-0.2, -0.15) is 0 Å². The van der Waals surface area contributed by atoms with E-state index >= 15 is 0 Å². The lowest BCUT2D eigenvalue weighted by molar-refractivity contribution is -0.132. The molecular weight excluding hydrogens is 432 g/mol. The minimum Gasteiger partial charge on any atom is -0.487 e. The Labute approximate surface area is 216 Å². The second-order valence-electron chi connectivity index (χ2n) is 13.0. The Bertz CT molecular complexity index is 809. The monoisotopic (exact) mass is 486 g/mol. The molecule has 1 aliphatic rings. The number of ether oxygens (including phenoxy) is 2. The third-order valence-electron chi connectivity index (χ3n) is 7.45. The summed E-state index contributed by atoms with van der Waals surface area (Å²) < 4.78 is 13.0. The third-order valence-corrected chi connectivity index (χ3v) is 7.45. The zero-order valence-corrected chi connectivity index (χ0v) is 24.5. The maximum atomic E-state index is 12.2. The quantitative estimate of drug-likeness (QED) is 0.158. The number of hydrogen-bond acceptors (Lipinski definition) is 3. The van der Waals surface area contributed by atoms with Gasteiger partial charge < -0.3 is 9.47 Å². The minimum atomic E-state index is -0.252. The van der Waals surface area contributed by atoms with E-state index in [0.29, 0.717) is 0 Å². The largest absolute Gasteiger partial charge is 0.487 e. The Hall–Kier alpha value is -1.51. The Kier molecular flexibility index (Phi) is 10.7. The van der Waals surface area contributed by atoms with Gasteiger partial charge in [0.15, 0.2) is 0 Å². The average Bonchev–Trinajstić information content (AvgIpc) is 3.09. The molecule has 35 heavy (non-hydrogen) atoms. The van der Waals surface area contributed by atoms with Crippen LogP contribution in [0.2, 0.25) is 0 Å². The van der Waals surface area contributed by atoms with Gasteiger partial charge in [-0.3, -0.25) is 4.79 Å². The molecule has 0 atom stereocenters. The molecule has 0 saturated carbocycles. The predicted octanol–water partition coefficient (Wildman–Crippen LogP) is 9.60. The molecule has 0 aliphatic carbocycles. The Morgan fingerprint density at radius 1 is 0.857 bits per heavy atom. The van der Waals surface area contributed by atoms with E-state index in [1.165, 1.54) is 76.7 Å². The molecule has 1 aliphatic heterocycles. The molecule has 0 bridgehead atoms. The van der Waals surface area contributed by atoms with E-state index in [-0.39, 0.29) is 22.4 Å². The summed E-state index contributed by atoms with van der Waals surface area (Å²) in [5.74, 6) is 1.54. The molecule has 0 radical (unpaired) electrons. The molecule has 0 amide bonds. The Morgan fingerprint density at radius 2 is 1.37 bits per heavy atom. The molecule has 2 rings (SSSR count). The van der Waals surface area contributed by atoms with E-state index in [0.717, 1.165) is 41.9 Å². The van der Waals surface area contributed by atoms with Crippen LogP contribution in [-0.2, 0) is 22.0 Å². The van der Waals surface area contributed by atoms with Crippen LogP contribution in [0.25, 0.3) is 0 Å². The van der Waals surface area contributed by atoms with Crippen LogP contribution in [0.3, 0.4) is 0 Å². The summed E-state index contributed by atoms with van der Waals surface area (Å²) in [5, 5.41) is 0. The van der Waals surface area contributed by atoms with E-state index in [1.807, 2.05) is 0 Å². The van der Waals surface area contributed by atoms with Crippen molar-refractivity contribution in [3.63, 3.8) is 0 Å². The van der Waals surface area contributed by atoms with Crippen LogP contribution in [0.1, 0.15) is 156 Å². The summed E-state index contributed by atoms with van der Waals surface area (Å²) >= 11 is 0. The van der Waals surface area contributed by atoms with Crippen LogP contribution in [0.15, 0.2) is 6.07 Å². The Morgan fingerprint density at radius 3 is 1.80 bits per heavy atom. The van der Waals surface area contributed by atoms with E-state index < -0.39 is 0 Å². The van der Waals surface area contributed by atoms with Crippen molar-refractivity contribution in [3.8, 4) is 11.5 Å². The molecule has 0 spiro atoms. The molecule has 3 nitrogen and oxygen atoms in total. The summed E-state index contributed by atoms with van der Waals surface area (Å²) in [7, 11) is 0. The lowest BCUT2D eigenvalue weighted by Gasteiger charge is -2.30. The van der Waals surface area contributed by atoms with Gasteiger partial charge in [0.1, 0.15) is 17.1 Å². The van der Waals surface area contributed by atoms with Gasteiger partial charge in [-0.25, -0.2) is 0 Å². The number of carbonyl (C=O) groups is 1. The van der Waals surface area contributed by atoms with E-state index in [9.17, 15) is 4.79 Å². The fourth-order valence-electron chi connectivity index (χ4n) is 5.64. The highest BCUT2D eigenvalue weighted by atomic mass is 16.5. The highest BCUT2D eigenvalue weighted by molar-refractivity contribution is 5.72. The topological polar surface area (TPSA) is 35.5 Å². The van der Waals surface area contributed by atoms with Crippen molar-refractivity contribution in [2.75, 3.05) is 0 Å². The molecule has 200 valence electrons. The van der Waals surface area contributed by atoms with Gasteiger partial charge in [-0.15, -0.1) is 0 Å². The highest BCUT2D eigenvalue weighted by Crippen LogP contribution is 2.52. The molecule has 0 fully saturated rings. The van der Waals surface area contributed by atoms with Gasteiger partial charge in [-0.05, 0) is 42.6 Å². The number of carbonyl (C=O) groups excluding carboxylic acids is 1. The molecule has 0 unspecified atom stereocenters. The first-order valence-corrected chi connectivity index (χ1v) is 14.4. The van der Waals surface area contributed by atoms with Crippen molar-refractivity contribution >= 4 is 5.97 Å². The number of fused-ring (bicyclic) bond motifs is 1. The minimum absolute atomic E-state index is 0.134. The van der Waals surface area contributed by atoms with Crippen LogP contribution in [0.5, 0.6) is 11.5 Å². The van der Waals surface area contributed by atoms with Crippen LogP contribution in [-0.4, -0.2) is 11.6 Å². The smallest absolute Gasteiger partial charge is 0.308 e. The lowest BCUT2D eigenvalue weighted by atomic mass is 9.75. The van der Waals surface area contributed by atoms with Gasteiger partial charge >= 0.3 is 5.97 Å². The molecule has 1 aromatic rings. The maximum Gasteiger partial charge on any atom is 0.308 e. The van der Waals surface area contributed by atoms with Crippen molar-refractivity contribution in [2.24, 2.45) is 0 Å².